The van der Waals surface area contributed by atoms with Gasteiger partial charge >= 0.3 is 0 Å². The number of hydrogen-bond donors (Lipinski definition) is 2. The predicted molar refractivity (Wildman–Crippen MR) is 123 cm³/mol. The molecule has 0 saturated heterocycles. The smallest absolute Gasteiger partial charge is 0.244 e. The molecule has 0 fully saturated rings. The monoisotopic (exact) mass is 438 g/mol. The Hall–Kier alpha value is -3.52. The summed E-state index contributed by atoms with van der Waals surface area (Å²) in [5.74, 6) is -1.09. The van der Waals surface area contributed by atoms with Crippen LogP contribution in [-0.4, -0.2) is 29.9 Å². The maximum atomic E-state index is 14.1. The quantitative estimate of drug-likeness (QED) is 0.378. The van der Waals surface area contributed by atoms with Crippen LogP contribution in [0.15, 0.2) is 66.1 Å². The zero-order valence-electron chi connectivity index (χ0n) is 17.0. The lowest BCUT2D eigenvalue weighted by molar-refractivity contribution is -0.117. The standard InChI is InChI=1S/C23H23FN4O2S/c1-17(29)28(21-11-6-5-10-20(21)24)23-27-19(16-31-23)12-13-22(30)26-15-7-14-25-18-8-3-2-4-9-18/h2-6,8-13,16,25H,7,14-15H2,1H3,(H,26,30)/b13-12+. The highest BCUT2D eigenvalue weighted by Crippen LogP contribution is 2.30. The largest absolute Gasteiger partial charge is 0.385 e. The summed E-state index contributed by atoms with van der Waals surface area (Å²) < 4.78 is 14.1. The van der Waals surface area contributed by atoms with Gasteiger partial charge in [-0.15, -0.1) is 11.3 Å². The first kappa shape index (κ1) is 22.2. The van der Waals surface area contributed by atoms with Crippen LogP contribution in [-0.2, 0) is 9.59 Å². The minimum absolute atomic E-state index is 0.140. The number of benzene rings is 2. The number of carbonyl (C=O) groups excluding carboxylic acids is 2. The first-order chi connectivity index (χ1) is 15.0. The van der Waals surface area contributed by atoms with Gasteiger partial charge in [0.15, 0.2) is 5.13 Å². The third-order valence-electron chi connectivity index (χ3n) is 4.27. The molecule has 0 saturated carbocycles. The molecule has 0 atom stereocenters. The summed E-state index contributed by atoms with van der Waals surface area (Å²) in [6.07, 6.45) is 3.74. The molecule has 6 nitrogen and oxygen atoms in total. The Morgan fingerprint density at radius 1 is 1.10 bits per heavy atom. The number of aromatic nitrogens is 1. The molecular weight excluding hydrogens is 415 g/mol. The number of thiazole rings is 1. The molecule has 0 unspecified atom stereocenters. The fraction of sp³-hybridized carbons (Fsp3) is 0.174. The van der Waals surface area contributed by atoms with Gasteiger partial charge in [-0.1, -0.05) is 30.3 Å². The van der Waals surface area contributed by atoms with E-state index < -0.39 is 5.82 Å². The Morgan fingerprint density at radius 3 is 2.58 bits per heavy atom. The van der Waals surface area contributed by atoms with Crippen LogP contribution in [0.4, 0.5) is 20.9 Å². The Labute approximate surface area is 184 Å². The van der Waals surface area contributed by atoms with Gasteiger partial charge in [0.05, 0.1) is 11.4 Å². The van der Waals surface area contributed by atoms with E-state index in [1.165, 1.54) is 41.4 Å². The lowest BCUT2D eigenvalue weighted by Gasteiger charge is -2.18. The zero-order chi connectivity index (χ0) is 22.1. The molecule has 31 heavy (non-hydrogen) atoms. The highest BCUT2D eigenvalue weighted by molar-refractivity contribution is 7.14. The number of nitrogens with zero attached hydrogens (tertiary/aromatic N) is 2. The number of halogens is 1. The van der Waals surface area contributed by atoms with Gasteiger partial charge in [0.25, 0.3) is 0 Å². The number of anilines is 3. The van der Waals surface area contributed by atoms with E-state index >= 15 is 0 Å². The molecule has 0 aliphatic heterocycles. The fourth-order valence-electron chi connectivity index (χ4n) is 2.80. The minimum Gasteiger partial charge on any atom is -0.385 e. The van der Waals surface area contributed by atoms with E-state index in [-0.39, 0.29) is 17.5 Å². The third-order valence-corrected chi connectivity index (χ3v) is 5.11. The van der Waals surface area contributed by atoms with Crippen molar-refractivity contribution in [1.29, 1.82) is 0 Å². The number of para-hydroxylation sites is 2. The van der Waals surface area contributed by atoms with Gasteiger partial charge in [0, 0.05) is 37.2 Å². The zero-order valence-corrected chi connectivity index (χ0v) is 17.9. The molecule has 0 spiro atoms. The minimum atomic E-state index is -0.508. The van der Waals surface area contributed by atoms with Crippen LogP contribution < -0.4 is 15.5 Å². The van der Waals surface area contributed by atoms with Crippen molar-refractivity contribution in [3.05, 3.63) is 77.6 Å². The molecule has 1 aromatic heterocycles. The molecule has 1 heterocycles. The fourth-order valence-corrected chi connectivity index (χ4v) is 3.65. The Balaban J connectivity index is 1.50. The van der Waals surface area contributed by atoms with Gasteiger partial charge in [-0.25, -0.2) is 9.37 Å². The van der Waals surface area contributed by atoms with Crippen LogP contribution in [0.25, 0.3) is 6.08 Å². The van der Waals surface area contributed by atoms with Gasteiger partial charge < -0.3 is 10.6 Å². The average Bonchev–Trinajstić information content (AvgIpc) is 3.22. The normalized spacial score (nSPS) is 10.8. The summed E-state index contributed by atoms with van der Waals surface area (Å²) in [5.41, 5.74) is 1.70. The van der Waals surface area contributed by atoms with Crippen LogP contribution in [0.2, 0.25) is 0 Å². The second-order valence-electron chi connectivity index (χ2n) is 6.63. The van der Waals surface area contributed by atoms with Gasteiger partial charge in [-0.05, 0) is 36.8 Å². The molecule has 160 valence electrons. The summed E-state index contributed by atoms with van der Waals surface area (Å²) in [6, 6.07) is 15.9. The van der Waals surface area contributed by atoms with E-state index in [2.05, 4.69) is 15.6 Å². The summed E-state index contributed by atoms with van der Waals surface area (Å²) >= 11 is 1.20. The summed E-state index contributed by atoms with van der Waals surface area (Å²) in [4.78, 5) is 29.6. The van der Waals surface area contributed by atoms with Gasteiger partial charge in [-0.2, -0.15) is 0 Å². The lowest BCUT2D eigenvalue weighted by atomic mass is 10.3. The molecule has 0 bridgehead atoms. The van der Waals surface area contributed by atoms with E-state index in [0.29, 0.717) is 17.4 Å². The SMILES string of the molecule is CC(=O)N(c1nc(/C=C/C(=O)NCCCNc2ccccc2)cs1)c1ccccc1F. The van der Waals surface area contributed by atoms with E-state index in [4.69, 9.17) is 0 Å². The summed E-state index contributed by atoms with van der Waals surface area (Å²) in [6.45, 7) is 2.64. The van der Waals surface area contributed by atoms with Crippen LogP contribution in [0.1, 0.15) is 19.0 Å². The summed E-state index contributed by atoms with van der Waals surface area (Å²) in [5, 5.41) is 8.14. The first-order valence-electron chi connectivity index (χ1n) is 9.80. The molecule has 8 heteroatoms. The summed E-state index contributed by atoms with van der Waals surface area (Å²) in [7, 11) is 0. The van der Waals surface area contributed by atoms with Crippen molar-refractivity contribution in [2.45, 2.75) is 13.3 Å². The number of nitrogens with one attached hydrogen (secondary N) is 2. The van der Waals surface area contributed by atoms with E-state index in [0.717, 1.165) is 18.7 Å². The van der Waals surface area contributed by atoms with Gasteiger partial charge in [0.1, 0.15) is 5.82 Å². The van der Waals surface area contributed by atoms with Crippen molar-refractivity contribution in [1.82, 2.24) is 10.3 Å². The third kappa shape index (κ3) is 6.48. The van der Waals surface area contributed by atoms with Crippen LogP contribution >= 0.6 is 11.3 Å². The maximum absolute atomic E-state index is 14.1. The molecule has 2 N–H and O–H groups in total. The lowest BCUT2D eigenvalue weighted by Crippen LogP contribution is -2.24. The molecular formula is C23H23FN4O2S. The average molecular weight is 439 g/mol. The second-order valence-corrected chi connectivity index (χ2v) is 7.47. The Morgan fingerprint density at radius 2 is 1.84 bits per heavy atom. The number of hydrogen-bond acceptors (Lipinski definition) is 5. The number of rotatable bonds is 9. The van der Waals surface area contributed by atoms with Crippen LogP contribution in [0, 0.1) is 5.82 Å². The van der Waals surface area contributed by atoms with Crippen LogP contribution in [0.3, 0.4) is 0 Å². The van der Waals surface area contributed by atoms with E-state index in [9.17, 15) is 14.0 Å². The van der Waals surface area contributed by atoms with Gasteiger partial charge in [0.2, 0.25) is 11.8 Å². The molecule has 2 aromatic carbocycles. The van der Waals surface area contributed by atoms with Crippen molar-refractivity contribution in [2.24, 2.45) is 0 Å². The van der Waals surface area contributed by atoms with Crippen LogP contribution in [0.5, 0.6) is 0 Å². The second kappa shape index (κ2) is 11.0. The molecule has 3 rings (SSSR count). The maximum Gasteiger partial charge on any atom is 0.244 e. The number of carbonyl (C=O) groups is 2. The predicted octanol–water partition coefficient (Wildman–Crippen LogP) is 4.60. The van der Waals surface area contributed by atoms with Crippen molar-refractivity contribution in [3.8, 4) is 0 Å². The van der Waals surface area contributed by atoms with Crippen molar-refractivity contribution in [3.63, 3.8) is 0 Å². The Kier molecular flexibility index (Phi) is 7.89. The molecule has 2 amide bonds. The molecule has 0 aliphatic carbocycles. The van der Waals surface area contributed by atoms with Crippen molar-refractivity contribution >= 4 is 45.7 Å². The molecule has 0 radical (unpaired) electrons. The van der Waals surface area contributed by atoms with Crippen molar-refractivity contribution in [2.75, 3.05) is 23.3 Å². The van der Waals surface area contributed by atoms with Crippen molar-refractivity contribution < 1.29 is 14.0 Å². The highest BCUT2D eigenvalue weighted by Gasteiger charge is 2.20. The molecule has 0 aliphatic rings. The van der Waals surface area contributed by atoms with E-state index in [1.54, 1.807) is 23.6 Å². The molecule has 3 aromatic rings. The Bertz CT molecular complexity index is 1050. The first-order valence-corrected chi connectivity index (χ1v) is 10.7. The van der Waals surface area contributed by atoms with Gasteiger partial charge in [-0.3, -0.25) is 14.5 Å². The van der Waals surface area contributed by atoms with E-state index in [1.807, 2.05) is 30.3 Å². The number of amides is 2. The topological polar surface area (TPSA) is 74.3 Å². The highest BCUT2D eigenvalue weighted by atomic mass is 32.1.